The van der Waals surface area contributed by atoms with Crippen LogP contribution in [0.2, 0.25) is 0 Å². The average molecular weight is 286 g/mol. The van der Waals surface area contributed by atoms with E-state index in [9.17, 15) is 0 Å². The van der Waals surface area contributed by atoms with Gasteiger partial charge >= 0.3 is 0 Å². The van der Waals surface area contributed by atoms with Crippen LogP contribution in [0, 0.1) is 0 Å². The molecule has 0 spiro atoms. The summed E-state index contributed by atoms with van der Waals surface area (Å²) in [7, 11) is 0. The third-order valence-corrected chi connectivity index (χ3v) is 5.03. The largest absolute Gasteiger partial charge is 0.372 e. The highest BCUT2D eigenvalue weighted by Crippen LogP contribution is 2.45. The Morgan fingerprint density at radius 3 is 1.33 bits per heavy atom. The molecule has 1 heteroatoms. The van der Waals surface area contributed by atoms with E-state index in [2.05, 4.69) is 41.5 Å². The summed E-state index contributed by atoms with van der Waals surface area (Å²) in [5, 5.41) is 0. The van der Waals surface area contributed by atoms with Crippen LogP contribution in [-0.2, 0) is 41.6 Å². The molecule has 1 aliphatic heterocycles. The first-order valence-corrected chi connectivity index (χ1v) is 8.49. The third kappa shape index (κ3) is 2.44. The summed E-state index contributed by atoms with van der Waals surface area (Å²) in [4.78, 5) is 0. The smallest absolute Gasteiger partial charge is 0.0728 e. The van der Waals surface area contributed by atoms with Gasteiger partial charge in [-0.15, -0.1) is 0 Å². The van der Waals surface area contributed by atoms with Gasteiger partial charge in [0.1, 0.15) is 0 Å². The second-order valence-corrected chi connectivity index (χ2v) is 8.86. The normalized spacial score (nSPS) is 18.6. The van der Waals surface area contributed by atoms with Crippen LogP contribution in [0.5, 0.6) is 0 Å². The average Bonchev–Trinajstić information content (AvgIpc) is 2.80. The Morgan fingerprint density at radius 2 is 1.00 bits per heavy atom. The van der Waals surface area contributed by atoms with Crippen molar-refractivity contribution < 1.29 is 4.74 Å². The Bertz CT molecular complexity index is 516. The third-order valence-electron chi connectivity index (χ3n) is 5.03. The molecule has 0 fully saturated rings. The summed E-state index contributed by atoms with van der Waals surface area (Å²) < 4.78 is 5.91. The highest BCUT2D eigenvalue weighted by Gasteiger charge is 2.35. The lowest BCUT2D eigenvalue weighted by Gasteiger charge is -2.36. The molecule has 21 heavy (non-hydrogen) atoms. The van der Waals surface area contributed by atoms with Crippen LogP contribution in [0.3, 0.4) is 0 Å². The summed E-state index contributed by atoms with van der Waals surface area (Å²) in [6.45, 7) is 15.8. The van der Waals surface area contributed by atoms with Crippen LogP contribution in [-0.4, -0.2) is 0 Å². The minimum atomic E-state index is 0.218. The summed E-state index contributed by atoms with van der Waals surface area (Å²) in [6, 6.07) is 0. The van der Waals surface area contributed by atoms with E-state index < -0.39 is 0 Å². The van der Waals surface area contributed by atoms with Gasteiger partial charge in [0.25, 0.3) is 0 Å². The lowest BCUT2D eigenvalue weighted by atomic mass is 9.68. The van der Waals surface area contributed by atoms with Crippen molar-refractivity contribution >= 4 is 0 Å². The van der Waals surface area contributed by atoms with Crippen LogP contribution >= 0.6 is 0 Å². The summed E-state index contributed by atoms with van der Waals surface area (Å²) >= 11 is 0. The molecule has 0 saturated carbocycles. The molecular formula is C20H30O. The molecule has 0 saturated heterocycles. The number of hydrogen-bond acceptors (Lipinski definition) is 1. The summed E-state index contributed by atoms with van der Waals surface area (Å²) in [5.41, 5.74) is 10.0. The molecule has 0 aromatic heterocycles. The first-order chi connectivity index (χ1) is 9.71. The second-order valence-electron chi connectivity index (χ2n) is 8.86. The zero-order valence-electron chi connectivity index (χ0n) is 14.7. The lowest BCUT2D eigenvalue weighted by molar-refractivity contribution is 0.133. The van der Waals surface area contributed by atoms with E-state index in [0.717, 1.165) is 13.2 Å². The van der Waals surface area contributed by atoms with E-state index in [1.165, 1.54) is 36.8 Å². The van der Waals surface area contributed by atoms with Crippen molar-refractivity contribution in [1.29, 1.82) is 0 Å². The molecule has 0 radical (unpaired) electrons. The molecule has 116 valence electrons. The Labute approximate surface area is 130 Å². The molecule has 1 aliphatic carbocycles. The Balaban J connectivity index is 2.38. The maximum atomic E-state index is 5.91. The zero-order valence-corrected chi connectivity index (χ0v) is 14.7. The van der Waals surface area contributed by atoms with Gasteiger partial charge in [0.2, 0.25) is 0 Å². The van der Waals surface area contributed by atoms with E-state index in [0.29, 0.717) is 0 Å². The van der Waals surface area contributed by atoms with Crippen LogP contribution in [0.1, 0.15) is 87.8 Å². The van der Waals surface area contributed by atoms with Crippen LogP contribution in [0.4, 0.5) is 0 Å². The van der Waals surface area contributed by atoms with Crippen LogP contribution in [0.25, 0.3) is 0 Å². The van der Waals surface area contributed by atoms with E-state index in [4.69, 9.17) is 4.74 Å². The number of fused-ring (bicyclic) bond motifs is 2. The molecule has 0 bridgehead atoms. The van der Waals surface area contributed by atoms with Crippen molar-refractivity contribution in [3.63, 3.8) is 0 Å². The van der Waals surface area contributed by atoms with Crippen molar-refractivity contribution in [2.45, 2.75) is 91.3 Å². The van der Waals surface area contributed by atoms with Gasteiger partial charge in [-0.3, -0.25) is 0 Å². The highest BCUT2D eigenvalue weighted by molar-refractivity contribution is 5.57. The quantitative estimate of drug-likeness (QED) is 0.637. The van der Waals surface area contributed by atoms with Crippen molar-refractivity contribution in [3.8, 4) is 0 Å². The minimum Gasteiger partial charge on any atom is -0.372 e. The topological polar surface area (TPSA) is 9.23 Å². The van der Waals surface area contributed by atoms with Gasteiger partial charge in [-0.05, 0) is 69.9 Å². The first kappa shape index (κ1) is 15.1. The number of hydrogen-bond donors (Lipinski definition) is 0. The fourth-order valence-corrected chi connectivity index (χ4v) is 4.51. The van der Waals surface area contributed by atoms with E-state index in [1.807, 2.05) is 0 Å². The molecule has 1 heterocycles. The number of rotatable bonds is 0. The van der Waals surface area contributed by atoms with E-state index in [-0.39, 0.29) is 10.8 Å². The Morgan fingerprint density at radius 1 is 0.619 bits per heavy atom. The lowest BCUT2D eigenvalue weighted by Crippen LogP contribution is -2.26. The second kappa shape index (κ2) is 4.84. The molecule has 3 rings (SSSR count). The van der Waals surface area contributed by atoms with E-state index >= 15 is 0 Å². The predicted octanol–water partition coefficient (Wildman–Crippen LogP) is 5.19. The van der Waals surface area contributed by atoms with Gasteiger partial charge in [0.05, 0.1) is 13.2 Å². The number of ether oxygens (including phenoxy) is 1. The maximum Gasteiger partial charge on any atom is 0.0728 e. The van der Waals surface area contributed by atoms with Crippen molar-refractivity contribution in [3.05, 3.63) is 33.4 Å². The molecule has 1 nitrogen and oxygen atoms in total. The zero-order chi connectivity index (χ0) is 15.4. The fourth-order valence-electron chi connectivity index (χ4n) is 4.51. The SMILES string of the molecule is CC(C)(C)c1c2c(c(C(C)(C)C)c3c1COC3)CCCC2. The molecule has 0 atom stereocenters. The van der Waals surface area contributed by atoms with Crippen molar-refractivity contribution in [1.82, 2.24) is 0 Å². The van der Waals surface area contributed by atoms with Gasteiger partial charge in [-0.25, -0.2) is 0 Å². The van der Waals surface area contributed by atoms with E-state index in [1.54, 1.807) is 22.3 Å². The summed E-state index contributed by atoms with van der Waals surface area (Å²) in [5.74, 6) is 0. The fraction of sp³-hybridized carbons (Fsp3) is 0.700. The van der Waals surface area contributed by atoms with Crippen molar-refractivity contribution in [2.75, 3.05) is 0 Å². The molecular weight excluding hydrogens is 256 g/mol. The van der Waals surface area contributed by atoms with Crippen LogP contribution < -0.4 is 0 Å². The van der Waals surface area contributed by atoms with Crippen molar-refractivity contribution in [2.24, 2.45) is 0 Å². The summed E-state index contributed by atoms with van der Waals surface area (Å²) in [6.07, 6.45) is 5.22. The van der Waals surface area contributed by atoms with Gasteiger partial charge in [-0.2, -0.15) is 0 Å². The van der Waals surface area contributed by atoms with Gasteiger partial charge in [0, 0.05) is 0 Å². The molecule has 0 amide bonds. The monoisotopic (exact) mass is 286 g/mol. The standard InChI is InChI=1S/C20H30O/c1-19(2,3)17-13-9-7-8-10-14(13)18(20(4,5)6)16-12-21-11-15(16)17/h7-12H2,1-6H3. The van der Waals surface area contributed by atoms with Gasteiger partial charge in [-0.1, -0.05) is 41.5 Å². The highest BCUT2D eigenvalue weighted by atomic mass is 16.5. The number of benzene rings is 1. The maximum absolute atomic E-state index is 5.91. The molecule has 0 unspecified atom stereocenters. The predicted molar refractivity (Wildman–Crippen MR) is 89.0 cm³/mol. The van der Waals surface area contributed by atoms with Gasteiger partial charge in [0.15, 0.2) is 0 Å². The molecule has 1 aromatic carbocycles. The Hall–Kier alpha value is -0.820. The molecule has 2 aliphatic rings. The first-order valence-electron chi connectivity index (χ1n) is 8.49. The Kier molecular flexibility index (Phi) is 3.48. The van der Waals surface area contributed by atoms with Gasteiger partial charge < -0.3 is 4.74 Å². The van der Waals surface area contributed by atoms with Crippen LogP contribution in [0.15, 0.2) is 0 Å². The molecule has 0 N–H and O–H groups in total. The minimum absolute atomic E-state index is 0.218. The molecule has 1 aromatic rings.